The number of hydrogen-bond donors (Lipinski definition) is 2. The highest BCUT2D eigenvalue weighted by molar-refractivity contribution is 9.11. The van der Waals surface area contributed by atoms with E-state index < -0.39 is 66.1 Å². The van der Waals surface area contributed by atoms with Crippen molar-refractivity contribution in [1.29, 1.82) is 0 Å². The summed E-state index contributed by atoms with van der Waals surface area (Å²) < 4.78 is 13.2. The molecule has 12 heteroatoms. The fraction of sp³-hybridized carbons (Fsp3) is 0.394. The van der Waals surface area contributed by atoms with E-state index in [1.165, 1.54) is 9.80 Å². The summed E-state index contributed by atoms with van der Waals surface area (Å²) in [4.78, 5) is 58.7. The summed E-state index contributed by atoms with van der Waals surface area (Å²) in [7, 11) is 0. The number of cyclic esters (lactones) is 1. The Morgan fingerprint density at radius 3 is 2.49 bits per heavy atom. The first-order chi connectivity index (χ1) is 21.7. The van der Waals surface area contributed by atoms with E-state index in [0.717, 1.165) is 0 Å². The van der Waals surface area contributed by atoms with Crippen LogP contribution in [0.2, 0.25) is 5.02 Å². The van der Waals surface area contributed by atoms with Crippen LogP contribution >= 0.6 is 27.5 Å². The number of esters is 1. The second-order valence-corrected chi connectivity index (χ2v) is 12.9. The van der Waals surface area contributed by atoms with Crippen LogP contribution in [0, 0.1) is 11.8 Å². The molecule has 236 valence electrons. The molecule has 4 aliphatic rings. The number of carbonyl (C=O) groups excluding carboxylic acids is 4. The lowest BCUT2D eigenvalue weighted by atomic mass is 9.74. The first-order valence-electron chi connectivity index (χ1n) is 14.9. The second kappa shape index (κ2) is 12.7. The number of ether oxygens (including phenoxy) is 2. The van der Waals surface area contributed by atoms with Crippen LogP contribution < -0.4 is 10.2 Å². The number of nitrogens with zero attached hydrogens (tertiary/aromatic N) is 2. The van der Waals surface area contributed by atoms with E-state index in [1.54, 1.807) is 43.3 Å². The normalized spacial score (nSPS) is 32.7. The Kier molecular flexibility index (Phi) is 8.89. The summed E-state index contributed by atoms with van der Waals surface area (Å²) in [6.45, 7) is 1.31. The lowest BCUT2D eigenvalue weighted by Crippen LogP contribution is -2.56. The lowest BCUT2D eigenvalue weighted by Gasteiger charge is -2.35. The van der Waals surface area contributed by atoms with Crippen molar-refractivity contribution in [3.63, 3.8) is 0 Å². The Balaban J connectivity index is 1.47. The molecule has 0 unspecified atom stereocenters. The number of β-amino-alcohol motifs (C(OH)–C–C–N with tert-alkyl or cyclic N) is 1. The standard InChI is InChI=1S/C33H33BrClN3O7/c1-19-27(20-10-4-2-5-11-20)44-32(43)25-26-30(41)38(16-17-39)29(33(26)18-21(34)28(25)45-33)31(42)37(23-13-8-7-12-22(23)35)15-9-3-6-14-24(40)36-19/h2-5,7-13,18-19,25-29,39H,6,14-17H2,1H3,(H,36,40)/b9-3-/t19-,25+,26-,27+,28+,29+,33-/m1/s1. The summed E-state index contributed by atoms with van der Waals surface area (Å²) in [5.41, 5.74) is -0.407. The number of aliphatic hydroxyl groups is 1. The molecule has 1 spiro atoms. The maximum atomic E-state index is 14.7. The van der Waals surface area contributed by atoms with Gasteiger partial charge in [0.05, 0.1) is 29.3 Å². The van der Waals surface area contributed by atoms with Crippen molar-refractivity contribution in [3.8, 4) is 0 Å². The zero-order valence-corrected chi connectivity index (χ0v) is 26.8. The third kappa shape index (κ3) is 5.49. The molecule has 2 fully saturated rings. The van der Waals surface area contributed by atoms with Crippen LogP contribution in [0.15, 0.2) is 77.3 Å². The highest BCUT2D eigenvalue weighted by Crippen LogP contribution is 2.59. The molecule has 7 atom stereocenters. The number of halogens is 2. The average molecular weight is 699 g/mol. The number of likely N-dealkylation sites (tertiary alicyclic amines) is 1. The average Bonchev–Trinajstić information content (AvgIpc) is 3.61. The molecular formula is C33H33BrClN3O7. The molecule has 2 N–H and O–H groups in total. The second-order valence-electron chi connectivity index (χ2n) is 11.6. The smallest absolute Gasteiger partial charge is 0.313 e. The predicted molar refractivity (Wildman–Crippen MR) is 169 cm³/mol. The van der Waals surface area contributed by atoms with E-state index in [0.29, 0.717) is 27.2 Å². The molecule has 0 aromatic heterocycles. The number of allylic oxidation sites excluding steroid dienone is 1. The molecule has 2 aromatic carbocycles. The first-order valence-corrected chi connectivity index (χ1v) is 16.1. The number of fused-ring (bicyclic) bond motifs is 2. The van der Waals surface area contributed by atoms with Gasteiger partial charge in [0, 0.05) is 24.0 Å². The van der Waals surface area contributed by atoms with Crippen molar-refractivity contribution in [2.45, 2.75) is 49.7 Å². The molecular weight excluding hydrogens is 666 g/mol. The number of para-hydroxylation sites is 1. The Bertz CT molecular complexity index is 1570. The van der Waals surface area contributed by atoms with Gasteiger partial charge in [0.1, 0.15) is 29.8 Å². The number of hydrogen-bond acceptors (Lipinski definition) is 7. The highest BCUT2D eigenvalue weighted by atomic mass is 79.9. The van der Waals surface area contributed by atoms with Gasteiger partial charge in [0.15, 0.2) is 0 Å². The van der Waals surface area contributed by atoms with Gasteiger partial charge in [-0.2, -0.15) is 0 Å². The van der Waals surface area contributed by atoms with Gasteiger partial charge in [-0.1, -0.05) is 82.1 Å². The van der Waals surface area contributed by atoms with Crippen LogP contribution in [-0.4, -0.2) is 77.2 Å². The Hall–Kier alpha value is -3.51. The maximum Gasteiger partial charge on any atom is 0.313 e. The zero-order valence-electron chi connectivity index (χ0n) is 24.5. The number of nitrogens with one attached hydrogen (secondary N) is 1. The number of benzene rings is 2. The van der Waals surface area contributed by atoms with E-state index >= 15 is 0 Å². The molecule has 4 heterocycles. The quantitative estimate of drug-likeness (QED) is 0.369. The minimum atomic E-state index is -1.50. The van der Waals surface area contributed by atoms with Crippen LogP contribution in [0.3, 0.4) is 0 Å². The number of anilines is 1. The van der Waals surface area contributed by atoms with Crippen LogP contribution in [0.25, 0.3) is 0 Å². The molecule has 6 rings (SSSR count). The van der Waals surface area contributed by atoms with E-state index in [1.807, 2.05) is 36.4 Å². The van der Waals surface area contributed by atoms with Crippen molar-refractivity contribution in [1.82, 2.24) is 10.2 Å². The van der Waals surface area contributed by atoms with Gasteiger partial charge in [-0.25, -0.2) is 0 Å². The monoisotopic (exact) mass is 697 g/mol. The van der Waals surface area contributed by atoms with Gasteiger partial charge in [0.2, 0.25) is 11.8 Å². The Morgan fingerprint density at radius 2 is 1.76 bits per heavy atom. The minimum absolute atomic E-state index is 0.0921. The van der Waals surface area contributed by atoms with Crippen molar-refractivity contribution in [2.75, 3.05) is 24.6 Å². The predicted octanol–water partition coefficient (Wildman–Crippen LogP) is 3.68. The summed E-state index contributed by atoms with van der Waals surface area (Å²) in [6, 6.07) is 14.2. The summed E-state index contributed by atoms with van der Waals surface area (Å²) in [5.74, 6) is -4.06. The van der Waals surface area contributed by atoms with Gasteiger partial charge in [-0.15, -0.1) is 0 Å². The fourth-order valence-electron chi connectivity index (χ4n) is 6.96. The third-order valence-corrected chi connectivity index (χ3v) is 9.89. The van der Waals surface area contributed by atoms with E-state index in [9.17, 15) is 24.3 Å². The molecule has 0 radical (unpaired) electrons. The lowest BCUT2D eigenvalue weighted by molar-refractivity contribution is -0.161. The van der Waals surface area contributed by atoms with E-state index in [-0.39, 0.29) is 25.4 Å². The molecule has 2 aromatic rings. The SMILES string of the molecule is C[C@H]1NC(=O)CC/C=C\CN(c2ccccc2Cl)C(=O)[C@@H]2N(CCO)C(=O)[C@H]3[C@H](C(=O)O[C@@H]1c1ccccc1)[C@H]1O[C@@]23C=C1Br. The molecule has 4 aliphatic heterocycles. The molecule has 0 aliphatic carbocycles. The summed E-state index contributed by atoms with van der Waals surface area (Å²) in [6.07, 6.45) is 4.14. The van der Waals surface area contributed by atoms with Gasteiger partial charge in [-0.3, -0.25) is 19.2 Å². The first kappa shape index (κ1) is 31.5. The number of amides is 3. The Morgan fingerprint density at radius 1 is 1.02 bits per heavy atom. The molecule has 2 saturated heterocycles. The third-order valence-electron chi connectivity index (χ3n) is 8.89. The van der Waals surface area contributed by atoms with E-state index in [2.05, 4.69) is 21.2 Å². The van der Waals surface area contributed by atoms with Crippen molar-refractivity contribution >= 4 is 56.9 Å². The maximum absolute atomic E-state index is 14.7. The largest absolute Gasteiger partial charge is 0.455 e. The summed E-state index contributed by atoms with van der Waals surface area (Å²) >= 11 is 10.1. The fourth-order valence-corrected chi connectivity index (χ4v) is 7.93. The molecule has 10 nitrogen and oxygen atoms in total. The van der Waals surface area contributed by atoms with Crippen molar-refractivity contribution < 1.29 is 33.8 Å². The van der Waals surface area contributed by atoms with Gasteiger partial charge in [-0.05, 0) is 37.1 Å². The van der Waals surface area contributed by atoms with Crippen LogP contribution in [-0.2, 0) is 28.7 Å². The highest BCUT2D eigenvalue weighted by Gasteiger charge is 2.75. The zero-order chi connectivity index (χ0) is 31.9. The molecule has 45 heavy (non-hydrogen) atoms. The van der Waals surface area contributed by atoms with Crippen LogP contribution in [0.4, 0.5) is 5.69 Å². The van der Waals surface area contributed by atoms with Gasteiger partial charge < -0.3 is 29.7 Å². The van der Waals surface area contributed by atoms with Gasteiger partial charge >= 0.3 is 5.97 Å². The molecule has 5 bridgehead atoms. The molecule has 0 saturated carbocycles. The molecule has 3 amide bonds. The number of aliphatic hydroxyl groups excluding tert-OH is 1. The van der Waals surface area contributed by atoms with Crippen molar-refractivity contribution in [2.24, 2.45) is 11.8 Å². The number of carbonyl (C=O) groups is 4. The number of rotatable bonds is 4. The minimum Gasteiger partial charge on any atom is -0.455 e. The Labute approximate surface area is 274 Å². The van der Waals surface area contributed by atoms with E-state index in [4.69, 9.17) is 21.1 Å². The topological polar surface area (TPSA) is 125 Å². The van der Waals surface area contributed by atoms with Crippen LogP contribution in [0.5, 0.6) is 0 Å². The van der Waals surface area contributed by atoms with Crippen molar-refractivity contribution in [3.05, 3.63) is 87.9 Å². The van der Waals surface area contributed by atoms with Gasteiger partial charge in [0.25, 0.3) is 5.91 Å². The van der Waals surface area contributed by atoms with Crippen LogP contribution in [0.1, 0.15) is 31.4 Å². The summed E-state index contributed by atoms with van der Waals surface area (Å²) in [5, 5.41) is 13.3.